The number of nitrogens with two attached hydrogens (primary N) is 1. The third-order valence-corrected chi connectivity index (χ3v) is 1.97. The normalized spacial score (nSPS) is 7.45. The number of hydrogen-bond acceptors (Lipinski definition) is 2. The van der Waals surface area contributed by atoms with E-state index >= 15 is 0 Å². The largest absolute Gasteiger partial charge is 0.323 e. The third-order valence-electron chi connectivity index (χ3n) is 1.03. The molecule has 0 spiro atoms. The summed E-state index contributed by atoms with van der Waals surface area (Å²) in [5, 5.41) is 0. The monoisotopic (exact) mass is 286 g/mol. The maximum absolute atomic E-state index is 5.20. The maximum atomic E-state index is 5.20. The molecule has 0 saturated heterocycles. The van der Waals surface area contributed by atoms with E-state index in [1.54, 1.807) is 0 Å². The van der Waals surface area contributed by atoms with Crippen LogP contribution in [0.15, 0.2) is 24.3 Å². The molecule has 0 amide bonds. The third kappa shape index (κ3) is 3.79. The predicted molar refractivity (Wildman–Crippen MR) is 60.9 cm³/mol. The Morgan fingerprint density at radius 2 is 1.82 bits per heavy atom. The van der Waals surface area contributed by atoms with Crippen molar-refractivity contribution in [3.05, 3.63) is 27.8 Å². The molecule has 0 atom stereocenters. The highest BCUT2D eigenvalue weighted by Gasteiger charge is 1.90. The molecule has 0 bridgehead atoms. The first-order valence-corrected chi connectivity index (χ1v) is 3.63. The summed E-state index contributed by atoms with van der Waals surface area (Å²) in [5.74, 6) is 5.20. The number of nitrogens with one attached hydrogen (secondary N) is 1. The standard InChI is InChI=1S/C6H7IN2.CH4.ClH/c7-5-3-1-2-4-6(5)9-8;;/h1-4,9H,8H2;1H4;1H. The SMILES string of the molecule is C.Cl.NNc1ccccc1I. The first-order chi connectivity index (χ1) is 4.34. The van der Waals surface area contributed by atoms with Gasteiger partial charge in [0.15, 0.2) is 0 Å². The van der Waals surface area contributed by atoms with Crippen molar-refractivity contribution in [2.45, 2.75) is 7.43 Å². The van der Waals surface area contributed by atoms with Crippen LogP contribution in [0.5, 0.6) is 0 Å². The van der Waals surface area contributed by atoms with Gasteiger partial charge in [0.2, 0.25) is 0 Å². The summed E-state index contributed by atoms with van der Waals surface area (Å²) >= 11 is 2.22. The Morgan fingerprint density at radius 3 is 2.18 bits per heavy atom. The van der Waals surface area contributed by atoms with Gasteiger partial charge in [0, 0.05) is 3.57 Å². The van der Waals surface area contributed by atoms with Gasteiger partial charge in [-0.3, -0.25) is 5.84 Å². The molecular weight excluding hydrogens is 274 g/mol. The number of halogens is 2. The Hall–Kier alpha value is -0.000000000000000111. The topological polar surface area (TPSA) is 38.0 Å². The number of rotatable bonds is 1. The van der Waals surface area contributed by atoms with Crippen molar-refractivity contribution < 1.29 is 0 Å². The van der Waals surface area contributed by atoms with Crippen molar-refractivity contribution in [1.82, 2.24) is 0 Å². The average molecular weight is 287 g/mol. The molecule has 1 aromatic rings. The van der Waals surface area contributed by atoms with Gasteiger partial charge in [0.05, 0.1) is 5.69 Å². The van der Waals surface area contributed by atoms with Crippen LogP contribution < -0.4 is 11.3 Å². The minimum atomic E-state index is 0. The Labute approximate surface area is 87.1 Å². The molecule has 0 aliphatic rings. The van der Waals surface area contributed by atoms with Gasteiger partial charge in [-0.15, -0.1) is 12.4 Å². The van der Waals surface area contributed by atoms with Crippen molar-refractivity contribution >= 4 is 40.7 Å². The van der Waals surface area contributed by atoms with Crippen LogP contribution in [0, 0.1) is 3.57 Å². The van der Waals surface area contributed by atoms with Gasteiger partial charge >= 0.3 is 0 Å². The fourth-order valence-corrected chi connectivity index (χ4v) is 1.12. The summed E-state index contributed by atoms with van der Waals surface area (Å²) in [7, 11) is 0. The van der Waals surface area contributed by atoms with E-state index < -0.39 is 0 Å². The molecule has 0 saturated carbocycles. The second-order valence-electron chi connectivity index (χ2n) is 1.62. The number of nitrogen functional groups attached to an aromatic ring is 1. The lowest BCUT2D eigenvalue weighted by molar-refractivity contribution is 1.34. The molecule has 11 heavy (non-hydrogen) atoms. The minimum Gasteiger partial charge on any atom is -0.323 e. The Kier molecular flexibility index (Phi) is 8.26. The van der Waals surface area contributed by atoms with E-state index in [4.69, 9.17) is 5.84 Å². The highest BCUT2D eigenvalue weighted by atomic mass is 127. The Bertz CT molecular complexity index is 205. The summed E-state index contributed by atoms with van der Waals surface area (Å²) in [5.41, 5.74) is 3.56. The quantitative estimate of drug-likeness (QED) is 0.473. The molecule has 0 radical (unpaired) electrons. The van der Waals surface area contributed by atoms with Crippen LogP contribution in [-0.2, 0) is 0 Å². The zero-order chi connectivity index (χ0) is 6.69. The lowest BCUT2D eigenvalue weighted by Gasteiger charge is -1.99. The van der Waals surface area contributed by atoms with Gasteiger partial charge in [-0.25, -0.2) is 0 Å². The van der Waals surface area contributed by atoms with Gasteiger partial charge in [-0.1, -0.05) is 19.6 Å². The first-order valence-electron chi connectivity index (χ1n) is 2.56. The molecule has 0 unspecified atom stereocenters. The summed E-state index contributed by atoms with van der Waals surface area (Å²) in [6, 6.07) is 7.84. The fourth-order valence-electron chi connectivity index (χ4n) is 0.578. The maximum Gasteiger partial charge on any atom is 0.0618 e. The number of anilines is 1. The van der Waals surface area contributed by atoms with Crippen LogP contribution in [0.2, 0.25) is 0 Å². The average Bonchev–Trinajstić information content (AvgIpc) is 1.89. The van der Waals surface area contributed by atoms with Crippen molar-refractivity contribution in [1.29, 1.82) is 0 Å². The van der Waals surface area contributed by atoms with Gasteiger partial charge < -0.3 is 5.43 Å². The molecule has 0 fully saturated rings. The molecule has 64 valence electrons. The second-order valence-corrected chi connectivity index (χ2v) is 2.79. The molecule has 2 nitrogen and oxygen atoms in total. The van der Waals surface area contributed by atoms with E-state index in [1.807, 2.05) is 24.3 Å². The number of hydrazine groups is 1. The zero-order valence-corrected chi connectivity index (χ0v) is 8.15. The molecule has 1 rings (SSSR count). The van der Waals surface area contributed by atoms with E-state index in [1.165, 1.54) is 0 Å². The summed E-state index contributed by atoms with van der Waals surface area (Å²) in [4.78, 5) is 0. The molecular formula is C7H12ClIN2. The van der Waals surface area contributed by atoms with E-state index in [2.05, 4.69) is 28.0 Å². The number of para-hydroxylation sites is 1. The molecule has 0 aromatic heterocycles. The number of hydrogen-bond donors (Lipinski definition) is 2. The van der Waals surface area contributed by atoms with Crippen LogP contribution in [-0.4, -0.2) is 0 Å². The van der Waals surface area contributed by atoms with E-state index in [0.29, 0.717) is 0 Å². The fraction of sp³-hybridized carbons (Fsp3) is 0.143. The van der Waals surface area contributed by atoms with Crippen molar-refractivity contribution in [2.75, 3.05) is 5.43 Å². The van der Waals surface area contributed by atoms with Gasteiger partial charge in [-0.2, -0.15) is 0 Å². The van der Waals surface area contributed by atoms with Gasteiger partial charge in [0.25, 0.3) is 0 Å². The van der Waals surface area contributed by atoms with E-state index in [-0.39, 0.29) is 19.8 Å². The Balaban J connectivity index is 0. The smallest absolute Gasteiger partial charge is 0.0618 e. The van der Waals surface area contributed by atoms with Crippen LogP contribution in [0.1, 0.15) is 7.43 Å². The summed E-state index contributed by atoms with van der Waals surface area (Å²) in [6.07, 6.45) is 0. The highest BCUT2D eigenvalue weighted by Crippen LogP contribution is 2.14. The number of benzene rings is 1. The van der Waals surface area contributed by atoms with Crippen molar-refractivity contribution in [3.63, 3.8) is 0 Å². The first kappa shape index (κ1) is 13.6. The van der Waals surface area contributed by atoms with Crippen LogP contribution >= 0.6 is 35.0 Å². The minimum absolute atomic E-state index is 0. The molecule has 4 heteroatoms. The molecule has 1 aromatic carbocycles. The van der Waals surface area contributed by atoms with E-state index in [0.717, 1.165) is 9.26 Å². The van der Waals surface area contributed by atoms with E-state index in [9.17, 15) is 0 Å². The molecule has 0 aliphatic heterocycles. The van der Waals surface area contributed by atoms with Crippen LogP contribution in [0.4, 0.5) is 5.69 Å². The van der Waals surface area contributed by atoms with Crippen molar-refractivity contribution in [3.8, 4) is 0 Å². The molecule has 0 aliphatic carbocycles. The van der Waals surface area contributed by atoms with Crippen LogP contribution in [0.25, 0.3) is 0 Å². The lowest BCUT2D eigenvalue weighted by Crippen LogP contribution is -2.07. The predicted octanol–water partition coefficient (Wildman–Crippen LogP) is 2.63. The summed E-state index contributed by atoms with van der Waals surface area (Å²) < 4.78 is 1.14. The lowest BCUT2D eigenvalue weighted by atomic mass is 10.3. The molecule has 0 heterocycles. The summed E-state index contributed by atoms with van der Waals surface area (Å²) in [6.45, 7) is 0. The Morgan fingerprint density at radius 1 is 1.27 bits per heavy atom. The highest BCUT2D eigenvalue weighted by molar-refractivity contribution is 14.1. The van der Waals surface area contributed by atoms with Crippen LogP contribution in [0.3, 0.4) is 0 Å². The van der Waals surface area contributed by atoms with Crippen molar-refractivity contribution in [2.24, 2.45) is 5.84 Å². The molecule has 3 N–H and O–H groups in total. The van der Waals surface area contributed by atoms with Gasteiger partial charge in [-0.05, 0) is 34.7 Å². The van der Waals surface area contributed by atoms with Gasteiger partial charge in [0.1, 0.15) is 0 Å². The second kappa shape index (κ2) is 6.69. The zero-order valence-electron chi connectivity index (χ0n) is 5.17.